The van der Waals surface area contributed by atoms with Crippen LogP contribution in [0.4, 0.5) is 10.5 Å². The second-order valence-electron chi connectivity index (χ2n) is 8.17. The third kappa shape index (κ3) is 3.46. The highest BCUT2D eigenvalue weighted by atomic mass is 35.5. The van der Waals surface area contributed by atoms with Gasteiger partial charge >= 0.3 is 6.03 Å². The molecule has 0 spiro atoms. The van der Waals surface area contributed by atoms with E-state index >= 15 is 0 Å². The van der Waals surface area contributed by atoms with Crippen LogP contribution in [-0.2, 0) is 11.3 Å². The van der Waals surface area contributed by atoms with Gasteiger partial charge in [0.05, 0.1) is 12.6 Å². The van der Waals surface area contributed by atoms with Gasteiger partial charge in [0, 0.05) is 16.3 Å². The molecule has 1 fully saturated rings. The van der Waals surface area contributed by atoms with Crippen molar-refractivity contribution in [3.8, 4) is 5.75 Å². The van der Waals surface area contributed by atoms with E-state index in [-0.39, 0.29) is 11.9 Å². The molecular weight excluding hydrogens is 426 g/mol. The summed E-state index contributed by atoms with van der Waals surface area (Å²) in [6, 6.07) is 23.3. The van der Waals surface area contributed by atoms with Gasteiger partial charge in [-0.25, -0.2) is 4.79 Å². The predicted octanol–water partition coefficient (Wildman–Crippen LogP) is 4.97. The molecule has 0 aliphatic carbocycles. The maximum Gasteiger partial charge on any atom is 0.321 e. The number of ether oxygens (including phenoxy) is 1. The molecule has 2 N–H and O–H groups in total. The first kappa shape index (κ1) is 20.4. The normalized spacial score (nSPS) is 23.6. The number of hydrogen-bond acceptors (Lipinski definition) is 3. The van der Waals surface area contributed by atoms with Gasteiger partial charge in [0.25, 0.3) is 0 Å². The summed E-state index contributed by atoms with van der Waals surface area (Å²) < 4.78 is 6.42. The molecule has 0 unspecified atom stereocenters. The number of urea groups is 1. The molecule has 3 atom stereocenters. The smallest absolute Gasteiger partial charge is 0.321 e. The lowest BCUT2D eigenvalue weighted by molar-refractivity contribution is -0.155. The first-order chi connectivity index (χ1) is 15.5. The third-order valence-corrected chi connectivity index (χ3v) is 6.37. The van der Waals surface area contributed by atoms with Gasteiger partial charge in [-0.1, -0.05) is 60.1 Å². The van der Waals surface area contributed by atoms with Crippen LogP contribution in [0.25, 0.3) is 0 Å². The van der Waals surface area contributed by atoms with E-state index in [1.54, 1.807) is 29.2 Å². The summed E-state index contributed by atoms with van der Waals surface area (Å²) in [5, 5.41) is 6.60. The molecule has 2 heterocycles. The highest BCUT2D eigenvalue weighted by Crippen LogP contribution is 2.48. The van der Waals surface area contributed by atoms with Crippen molar-refractivity contribution in [3.05, 3.63) is 95.0 Å². The van der Waals surface area contributed by atoms with Gasteiger partial charge in [0.15, 0.2) is 5.72 Å². The number of hydrogen-bond donors (Lipinski definition) is 2. The molecule has 3 aromatic rings. The monoisotopic (exact) mass is 447 g/mol. The number of carbonyl (C=O) groups excluding carboxylic acids is 2. The molecule has 2 aliphatic heterocycles. The number of para-hydroxylation sites is 1. The summed E-state index contributed by atoms with van der Waals surface area (Å²) in [6.45, 7) is 2.12. The van der Waals surface area contributed by atoms with E-state index in [0.29, 0.717) is 23.0 Å². The fourth-order valence-corrected chi connectivity index (χ4v) is 4.67. The fraction of sp³-hybridized carbons (Fsp3) is 0.200. The van der Waals surface area contributed by atoms with Crippen molar-refractivity contribution >= 4 is 29.2 Å². The quantitative estimate of drug-likeness (QED) is 0.593. The number of fused-ring (bicyclic) bond motifs is 4. The van der Waals surface area contributed by atoms with Crippen molar-refractivity contribution in [3.63, 3.8) is 0 Å². The number of benzene rings is 3. The van der Waals surface area contributed by atoms with Crippen molar-refractivity contribution < 1.29 is 14.3 Å². The average molecular weight is 448 g/mol. The molecule has 7 heteroatoms. The second kappa shape index (κ2) is 7.88. The molecule has 32 heavy (non-hydrogen) atoms. The van der Waals surface area contributed by atoms with Crippen LogP contribution in [0.15, 0.2) is 78.9 Å². The predicted molar refractivity (Wildman–Crippen MR) is 122 cm³/mol. The van der Waals surface area contributed by atoms with Gasteiger partial charge in [0.2, 0.25) is 5.91 Å². The summed E-state index contributed by atoms with van der Waals surface area (Å²) in [4.78, 5) is 28.4. The van der Waals surface area contributed by atoms with Crippen LogP contribution in [0.1, 0.15) is 24.1 Å². The highest BCUT2D eigenvalue weighted by Gasteiger charge is 2.59. The number of nitrogens with one attached hydrogen (secondary N) is 2. The summed E-state index contributed by atoms with van der Waals surface area (Å²) in [5.74, 6) is -0.268. The lowest BCUT2D eigenvalue weighted by Crippen LogP contribution is -2.71. The number of carbonyl (C=O) groups is 2. The second-order valence-corrected chi connectivity index (χ2v) is 8.60. The maximum absolute atomic E-state index is 13.6. The number of halogens is 1. The zero-order chi connectivity index (χ0) is 22.3. The minimum Gasteiger partial charge on any atom is -0.467 e. The molecule has 1 saturated heterocycles. The standard InChI is InChI=1S/C25H22ClN3O3/c1-25-21(23(30)27-18-13-11-17(26)12-14-18)22(19-9-5-6-10-20(19)32-25)28-24(31)29(25)15-16-7-3-2-4-8-16/h2-14,21-22H,15H2,1H3,(H,27,30)(H,28,31)/t21-,22+,25-/m0/s1. The van der Waals surface area contributed by atoms with E-state index in [9.17, 15) is 9.59 Å². The van der Waals surface area contributed by atoms with Crippen LogP contribution in [0, 0.1) is 5.92 Å². The Labute approximate surface area is 191 Å². The average Bonchev–Trinajstić information content (AvgIpc) is 2.78. The van der Waals surface area contributed by atoms with Crippen molar-refractivity contribution in [1.82, 2.24) is 10.2 Å². The van der Waals surface area contributed by atoms with Crippen LogP contribution in [-0.4, -0.2) is 22.6 Å². The number of rotatable bonds is 4. The zero-order valence-corrected chi connectivity index (χ0v) is 18.2. The molecule has 0 saturated carbocycles. The highest BCUT2D eigenvalue weighted by molar-refractivity contribution is 6.30. The Hall–Kier alpha value is -3.51. The van der Waals surface area contributed by atoms with Gasteiger partial charge < -0.3 is 15.4 Å². The maximum atomic E-state index is 13.6. The van der Waals surface area contributed by atoms with Crippen molar-refractivity contribution in [2.45, 2.75) is 25.2 Å². The van der Waals surface area contributed by atoms with Crippen LogP contribution >= 0.6 is 11.6 Å². The molecule has 2 bridgehead atoms. The van der Waals surface area contributed by atoms with Crippen molar-refractivity contribution in [2.75, 3.05) is 5.32 Å². The molecule has 3 amide bonds. The number of nitrogens with zero attached hydrogens (tertiary/aromatic N) is 1. The molecule has 6 nitrogen and oxygen atoms in total. The van der Waals surface area contributed by atoms with Crippen molar-refractivity contribution in [1.29, 1.82) is 0 Å². The van der Waals surface area contributed by atoms with E-state index in [4.69, 9.17) is 16.3 Å². The fourth-order valence-electron chi connectivity index (χ4n) is 4.54. The van der Waals surface area contributed by atoms with Crippen LogP contribution in [0.3, 0.4) is 0 Å². The minimum atomic E-state index is -1.19. The number of anilines is 1. The Morgan fingerprint density at radius 3 is 2.50 bits per heavy atom. The van der Waals surface area contributed by atoms with E-state index in [0.717, 1.165) is 11.1 Å². The molecule has 5 rings (SSSR count). The minimum absolute atomic E-state index is 0.243. The molecular formula is C25H22ClN3O3. The Bertz CT molecular complexity index is 1170. The Morgan fingerprint density at radius 2 is 1.75 bits per heavy atom. The zero-order valence-electron chi connectivity index (χ0n) is 17.4. The molecule has 0 aromatic heterocycles. The van der Waals surface area contributed by atoms with Gasteiger partial charge in [-0.3, -0.25) is 9.69 Å². The van der Waals surface area contributed by atoms with Gasteiger partial charge in [-0.15, -0.1) is 0 Å². The summed E-state index contributed by atoms with van der Waals surface area (Å²) in [6.07, 6.45) is 0. The van der Waals surface area contributed by atoms with Crippen molar-refractivity contribution in [2.24, 2.45) is 5.92 Å². The molecule has 2 aliphatic rings. The Balaban J connectivity index is 1.55. The Morgan fingerprint density at radius 1 is 1.06 bits per heavy atom. The van der Waals surface area contributed by atoms with Gasteiger partial charge in [-0.2, -0.15) is 0 Å². The number of amides is 3. The van der Waals surface area contributed by atoms with E-state index in [1.165, 1.54) is 0 Å². The lowest BCUT2D eigenvalue weighted by Gasteiger charge is -2.54. The van der Waals surface area contributed by atoms with E-state index < -0.39 is 17.7 Å². The largest absolute Gasteiger partial charge is 0.467 e. The summed E-state index contributed by atoms with van der Waals surface area (Å²) in [5.41, 5.74) is 1.17. The summed E-state index contributed by atoms with van der Waals surface area (Å²) >= 11 is 5.98. The molecule has 162 valence electrons. The molecule has 0 radical (unpaired) electrons. The van der Waals surface area contributed by atoms with E-state index in [2.05, 4.69) is 10.6 Å². The molecule has 3 aromatic carbocycles. The topological polar surface area (TPSA) is 70.7 Å². The lowest BCUT2D eigenvalue weighted by atomic mass is 9.78. The van der Waals surface area contributed by atoms with Crippen LogP contribution in [0.5, 0.6) is 5.75 Å². The van der Waals surface area contributed by atoms with Gasteiger partial charge in [-0.05, 0) is 42.8 Å². The first-order valence-corrected chi connectivity index (χ1v) is 10.8. The van der Waals surface area contributed by atoms with Crippen LogP contribution < -0.4 is 15.4 Å². The van der Waals surface area contributed by atoms with Crippen LogP contribution in [0.2, 0.25) is 5.02 Å². The Kier molecular flexibility index (Phi) is 5.02. The third-order valence-electron chi connectivity index (χ3n) is 6.12. The summed E-state index contributed by atoms with van der Waals surface area (Å²) in [7, 11) is 0. The van der Waals surface area contributed by atoms with E-state index in [1.807, 2.05) is 61.5 Å². The van der Waals surface area contributed by atoms with Gasteiger partial charge in [0.1, 0.15) is 11.7 Å². The SMILES string of the molecule is C[C@@]12Oc3ccccc3[C@@H](NC(=O)N1Cc1ccccc1)[C@H]2C(=O)Nc1ccc(Cl)cc1. The first-order valence-electron chi connectivity index (χ1n) is 10.4.